The van der Waals surface area contributed by atoms with Crippen molar-refractivity contribution in [2.45, 2.75) is 39.8 Å². The first-order valence-electron chi connectivity index (χ1n) is 10.2. The maximum Gasteiger partial charge on any atom is 0.265 e. The zero-order valence-electron chi connectivity index (χ0n) is 17.1. The third kappa shape index (κ3) is 3.70. The molecule has 0 aliphatic heterocycles. The molecule has 0 saturated carbocycles. The molecule has 0 spiro atoms. The van der Waals surface area contributed by atoms with Gasteiger partial charge >= 0.3 is 0 Å². The van der Waals surface area contributed by atoms with Crippen molar-refractivity contribution in [1.29, 1.82) is 0 Å². The van der Waals surface area contributed by atoms with E-state index in [1.165, 1.54) is 16.4 Å². The molecule has 0 aliphatic rings. The van der Waals surface area contributed by atoms with Crippen molar-refractivity contribution >= 4 is 33.4 Å². The first kappa shape index (κ1) is 19.1. The van der Waals surface area contributed by atoms with Gasteiger partial charge in [-0.1, -0.05) is 37.3 Å². The number of rotatable bonds is 6. The Labute approximate surface area is 171 Å². The zero-order valence-corrected chi connectivity index (χ0v) is 17.1. The van der Waals surface area contributed by atoms with Crippen LogP contribution in [0.3, 0.4) is 0 Å². The number of hydrogen-bond donors (Lipinski definition) is 1. The number of nitrogens with zero attached hydrogens (tertiary/aromatic N) is 1. The Hall–Kier alpha value is -3.27. The highest BCUT2D eigenvalue weighted by Crippen LogP contribution is 2.31. The summed E-state index contributed by atoms with van der Waals surface area (Å²) in [5.41, 5.74) is 4.28. The number of carbonyl (C=O) groups is 1. The van der Waals surface area contributed by atoms with Crippen LogP contribution in [0, 0.1) is 6.92 Å². The summed E-state index contributed by atoms with van der Waals surface area (Å²) in [5.74, 6) is 0.584. The fourth-order valence-electron chi connectivity index (χ4n) is 3.87. The second kappa shape index (κ2) is 8.00. The van der Waals surface area contributed by atoms with E-state index in [0.717, 1.165) is 23.2 Å². The van der Waals surface area contributed by atoms with Crippen molar-refractivity contribution in [3.63, 3.8) is 0 Å². The number of carbonyl (C=O) groups excluding carboxylic acids is 1. The van der Waals surface area contributed by atoms with Crippen LogP contribution in [0.5, 0.6) is 5.75 Å². The van der Waals surface area contributed by atoms with E-state index < -0.39 is 6.10 Å². The average Bonchev–Trinajstić information content (AvgIpc) is 3.05. The third-order valence-electron chi connectivity index (χ3n) is 5.29. The number of anilines is 1. The van der Waals surface area contributed by atoms with Crippen LogP contribution in [-0.2, 0) is 11.3 Å². The normalized spacial score (nSPS) is 12.2. The number of hydrogen-bond acceptors (Lipinski definition) is 2. The Kier molecular flexibility index (Phi) is 5.26. The van der Waals surface area contributed by atoms with Gasteiger partial charge in [0, 0.05) is 34.0 Å². The first-order valence-corrected chi connectivity index (χ1v) is 10.2. The molecule has 1 N–H and O–H groups in total. The predicted octanol–water partition coefficient (Wildman–Crippen LogP) is 5.92. The van der Waals surface area contributed by atoms with Gasteiger partial charge in [0.25, 0.3) is 5.91 Å². The van der Waals surface area contributed by atoms with E-state index in [0.29, 0.717) is 12.2 Å². The van der Waals surface area contributed by atoms with Crippen LogP contribution in [-0.4, -0.2) is 16.6 Å². The van der Waals surface area contributed by atoms with Gasteiger partial charge in [-0.15, -0.1) is 0 Å². The molecule has 4 nitrogen and oxygen atoms in total. The lowest BCUT2D eigenvalue weighted by Gasteiger charge is -2.17. The molecule has 1 aromatic heterocycles. The van der Waals surface area contributed by atoms with E-state index in [1.807, 2.05) is 44.2 Å². The molecule has 3 aromatic carbocycles. The lowest BCUT2D eigenvalue weighted by molar-refractivity contribution is -0.122. The highest BCUT2D eigenvalue weighted by Gasteiger charge is 2.19. The molecule has 29 heavy (non-hydrogen) atoms. The number of aromatic nitrogens is 1. The van der Waals surface area contributed by atoms with Gasteiger partial charge in [-0.05, 0) is 62.2 Å². The molecule has 4 aromatic rings. The van der Waals surface area contributed by atoms with Gasteiger partial charge in [0.1, 0.15) is 5.75 Å². The largest absolute Gasteiger partial charge is 0.481 e. The summed E-state index contributed by atoms with van der Waals surface area (Å²) in [7, 11) is 0. The van der Waals surface area contributed by atoms with Gasteiger partial charge in [0.05, 0.1) is 0 Å². The molecule has 4 heteroatoms. The Morgan fingerprint density at radius 2 is 1.76 bits per heavy atom. The molecule has 0 bridgehead atoms. The minimum Gasteiger partial charge on any atom is -0.481 e. The number of aryl methyl sites for hydroxylation is 2. The van der Waals surface area contributed by atoms with Crippen molar-refractivity contribution in [3.8, 4) is 5.75 Å². The van der Waals surface area contributed by atoms with E-state index in [9.17, 15) is 4.79 Å². The van der Waals surface area contributed by atoms with Crippen LogP contribution in [0.15, 0.2) is 66.7 Å². The van der Waals surface area contributed by atoms with Crippen LogP contribution in [0.2, 0.25) is 0 Å². The van der Waals surface area contributed by atoms with Gasteiger partial charge in [-0.2, -0.15) is 0 Å². The van der Waals surface area contributed by atoms with Crippen molar-refractivity contribution in [2.75, 3.05) is 5.32 Å². The Bertz CT molecular complexity index is 1180. The van der Waals surface area contributed by atoms with Gasteiger partial charge < -0.3 is 14.6 Å². The number of nitrogens with one attached hydrogen (secondary N) is 1. The van der Waals surface area contributed by atoms with Gasteiger partial charge in [-0.25, -0.2) is 0 Å². The maximum atomic E-state index is 12.9. The van der Waals surface area contributed by atoms with E-state index in [4.69, 9.17) is 4.74 Å². The molecule has 0 aliphatic carbocycles. The maximum absolute atomic E-state index is 12.9. The molecule has 148 valence electrons. The van der Waals surface area contributed by atoms with Crippen LogP contribution in [0.25, 0.3) is 21.8 Å². The molecule has 0 fully saturated rings. The number of fused-ring (bicyclic) bond motifs is 3. The third-order valence-corrected chi connectivity index (χ3v) is 5.29. The molecular weight excluding hydrogens is 360 g/mol. The first-order chi connectivity index (χ1) is 14.1. The monoisotopic (exact) mass is 386 g/mol. The van der Waals surface area contributed by atoms with E-state index in [-0.39, 0.29) is 5.91 Å². The van der Waals surface area contributed by atoms with Gasteiger partial charge in [0.2, 0.25) is 0 Å². The summed E-state index contributed by atoms with van der Waals surface area (Å²) in [6.45, 7) is 7.02. The topological polar surface area (TPSA) is 43.3 Å². The minimum absolute atomic E-state index is 0.132. The number of para-hydroxylation sites is 1. The van der Waals surface area contributed by atoms with Crippen LogP contribution >= 0.6 is 0 Å². The van der Waals surface area contributed by atoms with Crippen molar-refractivity contribution in [1.82, 2.24) is 4.57 Å². The number of ether oxygens (including phenoxy) is 1. The predicted molar refractivity (Wildman–Crippen MR) is 120 cm³/mol. The lowest BCUT2D eigenvalue weighted by atomic mass is 10.1. The SMILES string of the molecule is CCC(Oc1cccc(C)c1)C(=O)Nc1ccc2c(c1)c1ccccc1n2CC. The summed E-state index contributed by atoms with van der Waals surface area (Å²) < 4.78 is 8.24. The van der Waals surface area contributed by atoms with Crippen molar-refractivity contribution < 1.29 is 9.53 Å². The Morgan fingerprint density at radius 3 is 2.52 bits per heavy atom. The molecule has 1 heterocycles. The van der Waals surface area contributed by atoms with E-state index >= 15 is 0 Å². The summed E-state index contributed by atoms with van der Waals surface area (Å²) in [5, 5.41) is 5.38. The molecule has 0 radical (unpaired) electrons. The highest BCUT2D eigenvalue weighted by atomic mass is 16.5. The molecule has 1 atom stereocenters. The van der Waals surface area contributed by atoms with Crippen molar-refractivity contribution in [3.05, 3.63) is 72.3 Å². The summed E-state index contributed by atoms with van der Waals surface area (Å²) in [4.78, 5) is 12.9. The molecule has 4 rings (SSSR count). The zero-order chi connectivity index (χ0) is 20.4. The average molecular weight is 386 g/mol. The quantitative estimate of drug-likeness (QED) is 0.447. The second-order valence-corrected chi connectivity index (χ2v) is 7.31. The van der Waals surface area contributed by atoms with Crippen LogP contribution in [0.1, 0.15) is 25.8 Å². The Morgan fingerprint density at radius 1 is 0.966 bits per heavy atom. The highest BCUT2D eigenvalue weighted by molar-refractivity contribution is 6.10. The Balaban J connectivity index is 1.61. The molecule has 0 saturated heterocycles. The number of benzene rings is 3. The van der Waals surface area contributed by atoms with Gasteiger partial charge in [0.15, 0.2) is 6.10 Å². The lowest BCUT2D eigenvalue weighted by Crippen LogP contribution is -2.32. The van der Waals surface area contributed by atoms with Crippen LogP contribution < -0.4 is 10.1 Å². The fraction of sp³-hybridized carbons (Fsp3) is 0.240. The summed E-state index contributed by atoms with van der Waals surface area (Å²) in [6, 6.07) is 22.3. The number of amides is 1. The molecular formula is C25H26N2O2. The van der Waals surface area contributed by atoms with Crippen molar-refractivity contribution in [2.24, 2.45) is 0 Å². The van der Waals surface area contributed by atoms with E-state index in [1.54, 1.807) is 0 Å². The second-order valence-electron chi connectivity index (χ2n) is 7.31. The van der Waals surface area contributed by atoms with Crippen LogP contribution in [0.4, 0.5) is 5.69 Å². The molecule has 1 amide bonds. The molecule has 1 unspecified atom stereocenters. The fourth-order valence-corrected chi connectivity index (χ4v) is 3.87. The smallest absolute Gasteiger partial charge is 0.265 e. The standard InChI is InChI=1S/C25H26N2O2/c1-4-24(29-19-10-8-9-17(3)15-19)25(28)26-18-13-14-23-21(16-18)20-11-6-7-12-22(20)27(23)5-2/h6-16,24H,4-5H2,1-3H3,(H,26,28). The summed E-state index contributed by atoms with van der Waals surface area (Å²) >= 11 is 0. The minimum atomic E-state index is -0.538. The van der Waals surface area contributed by atoms with E-state index in [2.05, 4.69) is 53.2 Å². The summed E-state index contributed by atoms with van der Waals surface area (Å²) in [6.07, 6.45) is 0.0569. The van der Waals surface area contributed by atoms with Gasteiger partial charge in [-0.3, -0.25) is 4.79 Å².